The molecule has 0 spiro atoms. The lowest BCUT2D eigenvalue weighted by atomic mass is 10.1. The monoisotopic (exact) mass is 311 g/mol. The van der Waals surface area contributed by atoms with Gasteiger partial charge in [0.2, 0.25) is 16.0 Å². The normalized spacial score (nSPS) is 11.3. The Morgan fingerprint density at radius 1 is 1.24 bits per heavy atom. The summed E-state index contributed by atoms with van der Waals surface area (Å²) in [6.07, 6.45) is 2.67. The van der Waals surface area contributed by atoms with Crippen LogP contribution in [0.3, 0.4) is 0 Å². The summed E-state index contributed by atoms with van der Waals surface area (Å²) in [5, 5.41) is 0. The van der Waals surface area contributed by atoms with Gasteiger partial charge in [0.1, 0.15) is 10.7 Å². The Labute approximate surface area is 121 Å². The number of nitrogens with zero attached hydrogens (tertiary/aromatic N) is 2. The molecule has 0 saturated heterocycles. The van der Waals surface area contributed by atoms with Gasteiger partial charge in [0.15, 0.2) is 0 Å². The number of benzene rings is 1. The van der Waals surface area contributed by atoms with Crippen LogP contribution >= 0.6 is 0 Å². The van der Waals surface area contributed by atoms with E-state index in [0.717, 1.165) is 12.4 Å². The van der Waals surface area contributed by atoms with E-state index >= 15 is 0 Å². The molecular formula is C12H14FN5O2S. The third-order valence-corrected chi connectivity index (χ3v) is 4.08. The number of nitrogens with two attached hydrogens (primary N) is 1. The van der Waals surface area contributed by atoms with Crippen molar-refractivity contribution in [2.75, 3.05) is 12.0 Å². The summed E-state index contributed by atoms with van der Waals surface area (Å²) < 4.78 is 39.3. The number of halogens is 1. The molecule has 0 atom stereocenters. The van der Waals surface area contributed by atoms with Gasteiger partial charge in [-0.3, -0.25) is 5.43 Å². The highest BCUT2D eigenvalue weighted by Gasteiger charge is 2.14. The van der Waals surface area contributed by atoms with E-state index in [2.05, 4.69) is 20.1 Å². The first-order valence-corrected chi connectivity index (χ1v) is 7.52. The van der Waals surface area contributed by atoms with E-state index in [1.165, 1.54) is 12.1 Å². The fraction of sp³-hybridized carbons (Fsp3) is 0.167. The molecule has 0 amide bonds. The van der Waals surface area contributed by atoms with Gasteiger partial charge < -0.3 is 0 Å². The van der Waals surface area contributed by atoms with Gasteiger partial charge in [0, 0.05) is 6.54 Å². The molecule has 1 aromatic carbocycles. The van der Waals surface area contributed by atoms with Crippen LogP contribution in [0.5, 0.6) is 0 Å². The van der Waals surface area contributed by atoms with Crippen molar-refractivity contribution >= 4 is 16.0 Å². The lowest BCUT2D eigenvalue weighted by Crippen LogP contribution is -2.26. The molecule has 4 N–H and O–H groups in total. The molecule has 0 radical (unpaired) electrons. The standard InChI is InChI=1S/C12H14FN5O2S/c13-10-3-1-2-9(6-10)4-5-17-21(19,20)11-7-15-12(18-14)16-8-11/h1-3,6-8,17H,4-5,14H2,(H,15,16,18). The summed E-state index contributed by atoms with van der Waals surface area (Å²) in [5.41, 5.74) is 2.91. The number of rotatable bonds is 6. The Balaban J connectivity index is 1.97. The molecule has 7 nitrogen and oxygen atoms in total. The topological polar surface area (TPSA) is 110 Å². The third kappa shape index (κ3) is 4.18. The highest BCUT2D eigenvalue weighted by atomic mass is 32.2. The molecule has 0 aliphatic rings. The van der Waals surface area contributed by atoms with E-state index in [-0.39, 0.29) is 23.2 Å². The fourth-order valence-corrected chi connectivity index (χ4v) is 2.56. The van der Waals surface area contributed by atoms with Crippen LogP contribution in [0.1, 0.15) is 5.56 Å². The van der Waals surface area contributed by atoms with E-state index < -0.39 is 10.0 Å². The number of hydrogen-bond donors (Lipinski definition) is 3. The molecule has 1 aromatic heterocycles. The first-order valence-electron chi connectivity index (χ1n) is 6.04. The summed E-state index contributed by atoms with van der Waals surface area (Å²) in [7, 11) is -3.70. The number of nitrogen functional groups attached to an aromatic ring is 1. The molecule has 0 bridgehead atoms. The number of anilines is 1. The number of aromatic nitrogens is 2. The molecule has 0 aliphatic heterocycles. The summed E-state index contributed by atoms with van der Waals surface area (Å²) in [5.74, 6) is 4.86. The van der Waals surface area contributed by atoms with Crippen LogP contribution in [-0.2, 0) is 16.4 Å². The maximum Gasteiger partial charge on any atom is 0.243 e. The lowest BCUT2D eigenvalue weighted by molar-refractivity contribution is 0.580. The summed E-state index contributed by atoms with van der Waals surface area (Å²) in [6.45, 7) is 0.142. The second-order valence-electron chi connectivity index (χ2n) is 4.16. The van der Waals surface area contributed by atoms with Crippen LogP contribution in [0.2, 0.25) is 0 Å². The molecule has 112 valence electrons. The number of nitrogens with one attached hydrogen (secondary N) is 2. The molecule has 2 aromatic rings. The lowest BCUT2D eigenvalue weighted by Gasteiger charge is -2.07. The second-order valence-corrected chi connectivity index (χ2v) is 5.93. The molecule has 21 heavy (non-hydrogen) atoms. The van der Waals surface area contributed by atoms with Crippen molar-refractivity contribution in [3.05, 3.63) is 48.0 Å². The van der Waals surface area contributed by atoms with Crippen LogP contribution in [0, 0.1) is 5.82 Å². The van der Waals surface area contributed by atoms with Crippen LogP contribution in [0.15, 0.2) is 41.6 Å². The van der Waals surface area contributed by atoms with Crippen LogP contribution in [0.25, 0.3) is 0 Å². The molecule has 0 saturated carbocycles. The second kappa shape index (κ2) is 6.57. The smallest absolute Gasteiger partial charge is 0.243 e. The maximum absolute atomic E-state index is 13.0. The zero-order valence-electron chi connectivity index (χ0n) is 11.0. The van der Waals surface area contributed by atoms with Crippen molar-refractivity contribution in [1.29, 1.82) is 0 Å². The highest BCUT2D eigenvalue weighted by Crippen LogP contribution is 2.08. The quantitative estimate of drug-likeness (QED) is 0.527. The van der Waals surface area contributed by atoms with Crippen LogP contribution < -0.4 is 16.0 Å². The van der Waals surface area contributed by atoms with Crippen molar-refractivity contribution in [1.82, 2.24) is 14.7 Å². The third-order valence-electron chi connectivity index (χ3n) is 2.66. The van der Waals surface area contributed by atoms with Gasteiger partial charge in [0.05, 0.1) is 12.4 Å². The molecule has 0 unspecified atom stereocenters. The van der Waals surface area contributed by atoms with Crippen molar-refractivity contribution in [3.8, 4) is 0 Å². The maximum atomic E-state index is 13.0. The number of hydrazine groups is 1. The number of sulfonamides is 1. The fourth-order valence-electron chi connectivity index (χ4n) is 1.64. The van der Waals surface area contributed by atoms with Gasteiger partial charge in [-0.05, 0) is 24.1 Å². The van der Waals surface area contributed by atoms with E-state index in [0.29, 0.717) is 12.0 Å². The van der Waals surface area contributed by atoms with Gasteiger partial charge in [0.25, 0.3) is 0 Å². The van der Waals surface area contributed by atoms with Gasteiger partial charge in [-0.25, -0.2) is 33.3 Å². The SMILES string of the molecule is NNc1ncc(S(=O)(=O)NCCc2cccc(F)c2)cn1. The molecular weight excluding hydrogens is 297 g/mol. The Kier molecular flexibility index (Phi) is 4.78. The van der Waals surface area contributed by atoms with Gasteiger partial charge in [-0.15, -0.1) is 0 Å². The average Bonchev–Trinajstić information content (AvgIpc) is 2.47. The summed E-state index contributed by atoms with van der Waals surface area (Å²) in [4.78, 5) is 7.38. The van der Waals surface area contributed by atoms with Crippen molar-refractivity contribution in [2.45, 2.75) is 11.3 Å². The van der Waals surface area contributed by atoms with Crippen molar-refractivity contribution in [3.63, 3.8) is 0 Å². The molecule has 0 aliphatic carbocycles. The molecule has 9 heteroatoms. The predicted molar refractivity (Wildman–Crippen MR) is 75.1 cm³/mol. The van der Waals surface area contributed by atoms with E-state index in [1.807, 2.05) is 0 Å². The first-order chi connectivity index (χ1) is 10.0. The average molecular weight is 311 g/mol. The summed E-state index contributed by atoms with van der Waals surface area (Å²) in [6, 6.07) is 5.99. The molecule has 1 heterocycles. The minimum absolute atomic E-state index is 0.0688. The zero-order valence-corrected chi connectivity index (χ0v) is 11.8. The molecule has 2 rings (SSSR count). The minimum Gasteiger partial charge on any atom is -0.292 e. The van der Waals surface area contributed by atoms with E-state index in [9.17, 15) is 12.8 Å². The van der Waals surface area contributed by atoms with Gasteiger partial charge >= 0.3 is 0 Å². The first kappa shape index (κ1) is 15.3. The highest BCUT2D eigenvalue weighted by molar-refractivity contribution is 7.89. The van der Waals surface area contributed by atoms with E-state index in [4.69, 9.17) is 5.84 Å². The van der Waals surface area contributed by atoms with Crippen molar-refractivity contribution < 1.29 is 12.8 Å². The minimum atomic E-state index is -3.70. The van der Waals surface area contributed by atoms with Crippen molar-refractivity contribution in [2.24, 2.45) is 5.84 Å². The Morgan fingerprint density at radius 3 is 2.57 bits per heavy atom. The Bertz CT molecular complexity index is 706. The number of hydrogen-bond acceptors (Lipinski definition) is 6. The van der Waals surface area contributed by atoms with Gasteiger partial charge in [-0.1, -0.05) is 12.1 Å². The zero-order chi connectivity index (χ0) is 15.3. The largest absolute Gasteiger partial charge is 0.292 e. The Hall–Kier alpha value is -2.10. The van der Waals surface area contributed by atoms with Crippen LogP contribution in [0.4, 0.5) is 10.3 Å². The summed E-state index contributed by atoms with van der Waals surface area (Å²) >= 11 is 0. The Morgan fingerprint density at radius 2 is 1.95 bits per heavy atom. The van der Waals surface area contributed by atoms with Crippen LogP contribution in [-0.4, -0.2) is 24.9 Å². The van der Waals surface area contributed by atoms with Gasteiger partial charge in [-0.2, -0.15) is 0 Å². The van der Waals surface area contributed by atoms with E-state index in [1.54, 1.807) is 12.1 Å². The molecule has 0 fully saturated rings. The predicted octanol–water partition coefficient (Wildman–Crippen LogP) is 0.422.